The van der Waals surface area contributed by atoms with Gasteiger partial charge in [-0.05, 0) is 23.6 Å². The Balaban J connectivity index is 0.00000121. The molecule has 21 heavy (non-hydrogen) atoms. The van der Waals surface area contributed by atoms with Crippen molar-refractivity contribution in [2.45, 2.75) is 4.90 Å². The van der Waals surface area contributed by atoms with E-state index in [1.54, 1.807) is 48.5 Å². The Labute approximate surface area is 147 Å². The van der Waals surface area contributed by atoms with Crippen LogP contribution in [0.3, 0.4) is 0 Å². The summed E-state index contributed by atoms with van der Waals surface area (Å²) >= 11 is 0. The maximum Gasteiger partial charge on any atom is 1.00 e. The molecule has 3 aromatic carbocycles. The van der Waals surface area contributed by atoms with Crippen LogP contribution in [0, 0.1) is 0 Å². The summed E-state index contributed by atoms with van der Waals surface area (Å²) in [6.07, 6.45) is 0. The Hall–Kier alpha value is -1.33. The minimum atomic E-state index is -3.84. The largest absolute Gasteiger partial charge is 1.00 e. The van der Waals surface area contributed by atoms with Crippen molar-refractivity contribution in [3.05, 3.63) is 72.8 Å². The minimum Gasteiger partial charge on any atom is -1.00 e. The third-order valence-corrected chi connectivity index (χ3v) is 4.27. The molecule has 0 bridgehead atoms. The normalized spacial score (nSPS) is 10.9. The zero-order valence-electron chi connectivity index (χ0n) is 12.6. The SMILES string of the molecule is O=S(=O)(Oc1ccccc1)c1cccc2ccccc12.[H-].[Na+]. The summed E-state index contributed by atoms with van der Waals surface area (Å²) < 4.78 is 30.0. The van der Waals surface area contributed by atoms with Gasteiger partial charge in [-0.15, -0.1) is 0 Å². The second-order valence-corrected chi connectivity index (χ2v) is 5.84. The second kappa shape index (κ2) is 6.62. The third kappa shape index (κ3) is 3.47. The van der Waals surface area contributed by atoms with Crippen molar-refractivity contribution in [2.24, 2.45) is 0 Å². The van der Waals surface area contributed by atoms with Gasteiger partial charge in [0, 0.05) is 5.39 Å². The fourth-order valence-electron chi connectivity index (χ4n) is 2.06. The molecule has 0 N–H and O–H groups in total. The summed E-state index contributed by atoms with van der Waals surface area (Å²) in [4.78, 5) is 0.180. The molecule has 0 amide bonds. The molecule has 0 radical (unpaired) electrons. The molecule has 0 fully saturated rings. The van der Waals surface area contributed by atoms with E-state index in [-0.39, 0.29) is 35.9 Å². The maximum absolute atomic E-state index is 12.4. The van der Waals surface area contributed by atoms with Gasteiger partial charge in [-0.1, -0.05) is 54.6 Å². The molecule has 0 aromatic heterocycles. The van der Waals surface area contributed by atoms with Gasteiger partial charge in [0.1, 0.15) is 10.6 Å². The topological polar surface area (TPSA) is 43.4 Å². The van der Waals surface area contributed by atoms with Crippen LogP contribution >= 0.6 is 0 Å². The van der Waals surface area contributed by atoms with Crippen molar-refractivity contribution in [1.82, 2.24) is 0 Å². The third-order valence-electron chi connectivity index (χ3n) is 2.97. The van der Waals surface area contributed by atoms with Gasteiger partial charge >= 0.3 is 39.7 Å². The maximum atomic E-state index is 12.4. The molecule has 0 saturated carbocycles. The van der Waals surface area contributed by atoms with E-state index in [2.05, 4.69) is 0 Å². The molecule has 3 aromatic rings. The molecule has 0 unspecified atom stereocenters. The van der Waals surface area contributed by atoms with Crippen LogP contribution in [0.2, 0.25) is 0 Å². The van der Waals surface area contributed by atoms with Gasteiger partial charge in [0.15, 0.2) is 0 Å². The number of hydrogen-bond acceptors (Lipinski definition) is 3. The molecule has 0 aliphatic heterocycles. The van der Waals surface area contributed by atoms with Crippen molar-refractivity contribution >= 4 is 20.9 Å². The molecular formula is C16H13NaO3S. The average Bonchev–Trinajstić information content (AvgIpc) is 2.47. The van der Waals surface area contributed by atoms with Gasteiger partial charge in [-0.25, -0.2) is 0 Å². The molecule has 0 saturated heterocycles. The number of benzene rings is 3. The van der Waals surface area contributed by atoms with E-state index in [1.165, 1.54) is 0 Å². The molecule has 3 rings (SSSR count). The molecule has 0 aliphatic carbocycles. The number of para-hydroxylation sites is 1. The fourth-order valence-corrected chi connectivity index (χ4v) is 3.22. The number of rotatable bonds is 3. The summed E-state index contributed by atoms with van der Waals surface area (Å²) in [5, 5.41) is 1.52. The smallest absolute Gasteiger partial charge is 1.00 e. The van der Waals surface area contributed by atoms with Crippen LogP contribution in [0.1, 0.15) is 1.43 Å². The van der Waals surface area contributed by atoms with E-state index in [1.807, 2.05) is 24.3 Å². The molecule has 5 heteroatoms. The molecule has 0 heterocycles. The van der Waals surface area contributed by atoms with Crippen molar-refractivity contribution in [3.8, 4) is 5.75 Å². The quantitative estimate of drug-likeness (QED) is 0.529. The molecular weight excluding hydrogens is 295 g/mol. The van der Waals surface area contributed by atoms with E-state index in [9.17, 15) is 8.42 Å². The van der Waals surface area contributed by atoms with E-state index in [4.69, 9.17) is 4.18 Å². The fraction of sp³-hybridized carbons (Fsp3) is 0. The van der Waals surface area contributed by atoms with E-state index in [0.29, 0.717) is 11.1 Å². The second-order valence-electron chi connectivity index (χ2n) is 4.33. The standard InChI is InChI=1S/C16H12O3S.Na.H/c17-20(18,19-14-9-2-1-3-10-14)16-12-6-8-13-7-4-5-11-15(13)16;;/h1-12H;;/q;+1;-1. The first kappa shape index (κ1) is 16.0. The predicted octanol–water partition coefficient (Wildman–Crippen LogP) is 0.724. The van der Waals surface area contributed by atoms with Crippen molar-refractivity contribution in [2.75, 3.05) is 0 Å². The Kier molecular flexibility index (Phi) is 5.06. The predicted molar refractivity (Wildman–Crippen MR) is 79.3 cm³/mol. The van der Waals surface area contributed by atoms with Crippen LogP contribution in [-0.4, -0.2) is 8.42 Å². The van der Waals surface area contributed by atoms with Crippen LogP contribution in [0.4, 0.5) is 0 Å². The zero-order chi connectivity index (χ0) is 14.0. The average molecular weight is 308 g/mol. The molecule has 3 nitrogen and oxygen atoms in total. The Morgan fingerprint density at radius 3 is 2.14 bits per heavy atom. The van der Waals surface area contributed by atoms with Crippen LogP contribution < -0.4 is 33.7 Å². The summed E-state index contributed by atoms with van der Waals surface area (Å²) in [6, 6.07) is 21.0. The number of fused-ring (bicyclic) bond motifs is 1. The molecule has 0 atom stereocenters. The van der Waals surface area contributed by atoms with Gasteiger partial charge in [0.05, 0.1) is 0 Å². The van der Waals surface area contributed by atoms with Crippen LogP contribution in [0.5, 0.6) is 5.75 Å². The zero-order valence-corrected chi connectivity index (χ0v) is 14.4. The van der Waals surface area contributed by atoms with Crippen molar-refractivity contribution in [3.63, 3.8) is 0 Å². The van der Waals surface area contributed by atoms with Gasteiger partial charge in [-0.2, -0.15) is 8.42 Å². The van der Waals surface area contributed by atoms with Crippen LogP contribution in [0.15, 0.2) is 77.7 Å². The first-order valence-electron chi connectivity index (χ1n) is 6.14. The first-order valence-corrected chi connectivity index (χ1v) is 7.55. The summed E-state index contributed by atoms with van der Waals surface area (Å²) in [6.45, 7) is 0. The Morgan fingerprint density at radius 1 is 0.762 bits per heavy atom. The van der Waals surface area contributed by atoms with E-state index >= 15 is 0 Å². The number of hydrogen-bond donors (Lipinski definition) is 0. The molecule has 0 aliphatic rings. The van der Waals surface area contributed by atoms with Crippen LogP contribution in [0.25, 0.3) is 10.8 Å². The Bertz CT molecular complexity index is 846. The summed E-state index contributed by atoms with van der Waals surface area (Å²) in [5.74, 6) is 0.306. The van der Waals surface area contributed by atoms with Crippen LogP contribution in [-0.2, 0) is 10.1 Å². The van der Waals surface area contributed by atoms with Gasteiger partial charge < -0.3 is 5.61 Å². The summed E-state index contributed by atoms with van der Waals surface area (Å²) in [5.41, 5.74) is 0. The van der Waals surface area contributed by atoms with Crippen molar-refractivity contribution < 1.29 is 43.6 Å². The van der Waals surface area contributed by atoms with E-state index < -0.39 is 10.1 Å². The first-order chi connectivity index (χ1) is 9.67. The van der Waals surface area contributed by atoms with E-state index in [0.717, 1.165) is 5.39 Å². The minimum absolute atomic E-state index is 0. The molecule has 0 spiro atoms. The van der Waals surface area contributed by atoms with Gasteiger partial charge in [0.25, 0.3) is 0 Å². The van der Waals surface area contributed by atoms with Gasteiger partial charge in [-0.3, -0.25) is 0 Å². The Morgan fingerprint density at radius 2 is 1.38 bits per heavy atom. The van der Waals surface area contributed by atoms with Gasteiger partial charge in [0.2, 0.25) is 0 Å². The van der Waals surface area contributed by atoms with Crippen molar-refractivity contribution in [1.29, 1.82) is 0 Å². The summed E-state index contributed by atoms with van der Waals surface area (Å²) in [7, 11) is -3.84. The monoisotopic (exact) mass is 308 g/mol. The molecule has 102 valence electrons.